The third kappa shape index (κ3) is 5.25. The van der Waals surface area contributed by atoms with Crippen molar-refractivity contribution >= 4 is 16.9 Å². The first-order valence-corrected chi connectivity index (χ1v) is 9.08. The summed E-state index contributed by atoms with van der Waals surface area (Å²) < 4.78 is 10.6. The summed E-state index contributed by atoms with van der Waals surface area (Å²) in [5.41, 5.74) is -0.417. The maximum Gasteiger partial charge on any atom is 0.339 e. The second kappa shape index (κ2) is 9.27. The molecule has 1 aromatic heterocycles. The number of carbonyl (C=O) groups excluding carboxylic acids is 1. The third-order valence-electron chi connectivity index (χ3n) is 4.56. The Balaban J connectivity index is 1.96. The Morgan fingerprint density at radius 2 is 2.08 bits per heavy atom. The zero-order valence-electron chi connectivity index (χ0n) is 15.7. The first-order valence-electron chi connectivity index (χ1n) is 9.08. The fourth-order valence-electron chi connectivity index (χ4n) is 2.88. The van der Waals surface area contributed by atoms with Crippen molar-refractivity contribution in [3.8, 4) is 11.5 Å². The van der Waals surface area contributed by atoms with Crippen molar-refractivity contribution in [2.45, 2.75) is 39.5 Å². The van der Waals surface area contributed by atoms with Gasteiger partial charge in [0.15, 0.2) is 6.61 Å². The predicted octanol–water partition coefficient (Wildman–Crippen LogP) is 3.55. The molecule has 2 rings (SSSR count). The molecule has 142 valence electrons. The minimum Gasteiger partial charge on any atom is -0.507 e. The molecule has 0 aliphatic rings. The van der Waals surface area contributed by atoms with E-state index in [-0.39, 0.29) is 23.8 Å². The van der Waals surface area contributed by atoms with Crippen LogP contribution in [0, 0.1) is 5.92 Å². The molecule has 0 fully saturated rings. The lowest BCUT2D eigenvalue weighted by Gasteiger charge is -2.23. The molecule has 1 unspecified atom stereocenters. The van der Waals surface area contributed by atoms with Crippen molar-refractivity contribution in [1.29, 1.82) is 0 Å². The SMILES string of the molecule is CCCCC(CC)CN(C)C(=O)COc1ccc2c(O)cc(=O)oc2c1. The number of benzene rings is 1. The minimum atomic E-state index is -0.638. The first kappa shape index (κ1) is 19.8. The zero-order chi connectivity index (χ0) is 19.1. The number of fused-ring (bicyclic) bond motifs is 1. The van der Waals surface area contributed by atoms with Crippen LogP contribution in [0.5, 0.6) is 11.5 Å². The summed E-state index contributed by atoms with van der Waals surface area (Å²) in [4.78, 5) is 25.4. The van der Waals surface area contributed by atoms with Crippen LogP contribution in [0.1, 0.15) is 39.5 Å². The molecule has 0 aliphatic carbocycles. The molecule has 0 spiro atoms. The molecule has 26 heavy (non-hydrogen) atoms. The van der Waals surface area contributed by atoms with E-state index < -0.39 is 5.63 Å². The second-order valence-electron chi connectivity index (χ2n) is 6.59. The molecule has 1 aromatic carbocycles. The number of ether oxygens (including phenoxy) is 1. The van der Waals surface area contributed by atoms with E-state index in [2.05, 4.69) is 13.8 Å². The van der Waals surface area contributed by atoms with E-state index in [1.807, 2.05) is 0 Å². The highest BCUT2D eigenvalue weighted by molar-refractivity contribution is 5.84. The van der Waals surface area contributed by atoms with Crippen LogP contribution in [0.4, 0.5) is 0 Å². The van der Waals surface area contributed by atoms with Gasteiger partial charge in [-0.1, -0.05) is 33.1 Å². The standard InChI is InChI=1S/C20H27NO5/c1-4-6-7-14(5-2)12-21(3)19(23)13-25-15-8-9-16-17(22)11-20(24)26-18(16)10-15/h8-11,14,22H,4-7,12-13H2,1-3H3. The van der Waals surface area contributed by atoms with Crippen LogP contribution in [-0.4, -0.2) is 36.1 Å². The van der Waals surface area contributed by atoms with Gasteiger partial charge < -0.3 is 19.2 Å². The second-order valence-corrected chi connectivity index (χ2v) is 6.59. The molecule has 0 aliphatic heterocycles. The summed E-state index contributed by atoms with van der Waals surface area (Å²) in [6.07, 6.45) is 4.50. The van der Waals surface area contributed by atoms with Crippen LogP contribution >= 0.6 is 0 Å². The van der Waals surface area contributed by atoms with Gasteiger partial charge in [-0.3, -0.25) is 4.79 Å². The molecular formula is C20H27NO5. The van der Waals surface area contributed by atoms with Gasteiger partial charge in [0.1, 0.15) is 17.1 Å². The maximum atomic E-state index is 12.3. The summed E-state index contributed by atoms with van der Waals surface area (Å²) in [6.45, 7) is 4.95. The number of rotatable bonds is 9. The Morgan fingerprint density at radius 3 is 2.77 bits per heavy atom. The van der Waals surface area contributed by atoms with Crippen molar-refractivity contribution < 1.29 is 19.1 Å². The number of nitrogens with zero attached hydrogens (tertiary/aromatic N) is 1. The largest absolute Gasteiger partial charge is 0.507 e. The molecule has 0 saturated heterocycles. The van der Waals surface area contributed by atoms with Crippen LogP contribution < -0.4 is 10.4 Å². The highest BCUT2D eigenvalue weighted by Gasteiger charge is 2.15. The highest BCUT2D eigenvalue weighted by Crippen LogP contribution is 2.26. The summed E-state index contributed by atoms with van der Waals surface area (Å²) >= 11 is 0. The number of amides is 1. The third-order valence-corrected chi connectivity index (χ3v) is 4.56. The number of likely N-dealkylation sites (N-methyl/N-ethyl adjacent to an activating group) is 1. The van der Waals surface area contributed by atoms with E-state index in [1.54, 1.807) is 24.1 Å². The topological polar surface area (TPSA) is 80.0 Å². The number of hydrogen-bond donors (Lipinski definition) is 1. The molecule has 2 aromatic rings. The zero-order valence-corrected chi connectivity index (χ0v) is 15.7. The van der Waals surface area contributed by atoms with E-state index in [0.29, 0.717) is 17.1 Å². The highest BCUT2D eigenvalue weighted by atomic mass is 16.5. The lowest BCUT2D eigenvalue weighted by atomic mass is 9.99. The van der Waals surface area contributed by atoms with Gasteiger partial charge in [-0.2, -0.15) is 0 Å². The monoisotopic (exact) mass is 361 g/mol. The van der Waals surface area contributed by atoms with Crippen molar-refractivity contribution in [3.63, 3.8) is 0 Å². The van der Waals surface area contributed by atoms with Crippen LogP contribution in [0.2, 0.25) is 0 Å². The van der Waals surface area contributed by atoms with Gasteiger partial charge in [0.25, 0.3) is 5.91 Å². The molecule has 1 heterocycles. The molecule has 0 saturated carbocycles. The average molecular weight is 361 g/mol. The fraction of sp³-hybridized carbons (Fsp3) is 0.500. The molecule has 6 nitrogen and oxygen atoms in total. The van der Waals surface area contributed by atoms with Gasteiger partial charge in [-0.15, -0.1) is 0 Å². The number of unbranched alkanes of at least 4 members (excludes halogenated alkanes) is 1. The normalized spacial score (nSPS) is 12.1. The smallest absolute Gasteiger partial charge is 0.339 e. The van der Waals surface area contributed by atoms with Crippen LogP contribution in [-0.2, 0) is 4.79 Å². The van der Waals surface area contributed by atoms with Crippen molar-refractivity contribution in [2.24, 2.45) is 5.92 Å². The first-order chi connectivity index (χ1) is 12.4. The van der Waals surface area contributed by atoms with Gasteiger partial charge in [-0.05, 0) is 24.5 Å². The molecule has 0 radical (unpaired) electrons. The Hall–Kier alpha value is -2.50. The molecule has 1 N–H and O–H groups in total. The van der Waals surface area contributed by atoms with Gasteiger partial charge >= 0.3 is 5.63 Å². The fourth-order valence-corrected chi connectivity index (χ4v) is 2.88. The van der Waals surface area contributed by atoms with E-state index in [4.69, 9.17) is 9.15 Å². The van der Waals surface area contributed by atoms with Gasteiger partial charge in [0.05, 0.1) is 11.5 Å². The van der Waals surface area contributed by atoms with Crippen molar-refractivity contribution in [1.82, 2.24) is 4.90 Å². The van der Waals surface area contributed by atoms with E-state index in [1.165, 1.54) is 12.5 Å². The number of carbonyl (C=O) groups is 1. The summed E-state index contributed by atoms with van der Waals surface area (Å²) in [5.74, 6) is 0.668. The molecular weight excluding hydrogens is 334 g/mol. The maximum absolute atomic E-state index is 12.3. The van der Waals surface area contributed by atoms with Gasteiger partial charge in [0.2, 0.25) is 0 Å². The quantitative estimate of drug-likeness (QED) is 0.691. The predicted molar refractivity (Wildman–Crippen MR) is 101 cm³/mol. The van der Waals surface area contributed by atoms with Crippen LogP contribution in [0.3, 0.4) is 0 Å². The molecule has 1 atom stereocenters. The summed E-state index contributed by atoms with van der Waals surface area (Å²) in [7, 11) is 1.79. The molecule has 6 heteroatoms. The Bertz CT molecular complexity index is 798. The minimum absolute atomic E-state index is 0.0880. The van der Waals surface area contributed by atoms with Gasteiger partial charge in [-0.25, -0.2) is 4.79 Å². The number of aromatic hydroxyl groups is 1. The summed E-state index contributed by atoms with van der Waals surface area (Å²) in [6, 6.07) is 5.74. The van der Waals surface area contributed by atoms with E-state index in [0.717, 1.165) is 31.9 Å². The molecule has 1 amide bonds. The van der Waals surface area contributed by atoms with E-state index in [9.17, 15) is 14.7 Å². The Kier molecular flexibility index (Phi) is 7.06. The average Bonchev–Trinajstić information content (AvgIpc) is 2.62. The van der Waals surface area contributed by atoms with Crippen LogP contribution in [0.25, 0.3) is 11.0 Å². The lowest BCUT2D eigenvalue weighted by molar-refractivity contribution is -0.132. The Morgan fingerprint density at radius 1 is 1.31 bits per heavy atom. The van der Waals surface area contributed by atoms with Crippen molar-refractivity contribution in [2.75, 3.05) is 20.2 Å². The lowest BCUT2D eigenvalue weighted by Crippen LogP contribution is -2.35. The van der Waals surface area contributed by atoms with E-state index >= 15 is 0 Å². The summed E-state index contributed by atoms with van der Waals surface area (Å²) in [5, 5.41) is 10.2. The van der Waals surface area contributed by atoms with Gasteiger partial charge in [0, 0.05) is 19.7 Å². The molecule has 0 bridgehead atoms. The van der Waals surface area contributed by atoms with Crippen LogP contribution in [0.15, 0.2) is 33.5 Å². The van der Waals surface area contributed by atoms with Crippen molar-refractivity contribution in [3.05, 3.63) is 34.7 Å². The Labute approximate surface area is 153 Å². The number of hydrogen-bond acceptors (Lipinski definition) is 5.